The van der Waals surface area contributed by atoms with Crippen LogP contribution in [0, 0.1) is 11.7 Å². The molecule has 0 spiro atoms. The highest BCUT2D eigenvalue weighted by atomic mass is 19.1. The molecule has 0 aliphatic rings. The fourth-order valence-corrected chi connectivity index (χ4v) is 1.47. The highest BCUT2D eigenvalue weighted by molar-refractivity contribution is 5.18. The SMILES string of the molecule is CC(C)C(O)(CN)Cc1ccc(F)cc1. The van der Waals surface area contributed by atoms with Crippen molar-refractivity contribution in [1.29, 1.82) is 0 Å². The maximum Gasteiger partial charge on any atom is 0.123 e. The van der Waals surface area contributed by atoms with Crippen LogP contribution in [0.25, 0.3) is 0 Å². The molecule has 0 saturated carbocycles. The number of rotatable bonds is 4. The third-order valence-electron chi connectivity index (χ3n) is 2.85. The Balaban J connectivity index is 2.79. The van der Waals surface area contributed by atoms with Crippen LogP contribution in [-0.4, -0.2) is 17.3 Å². The first kappa shape index (κ1) is 12.1. The van der Waals surface area contributed by atoms with E-state index in [1.54, 1.807) is 12.1 Å². The Hall–Kier alpha value is -0.930. The molecular formula is C12H18FNO. The van der Waals surface area contributed by atoms with E-state index in [0.717, 1.165) is 5.56 Å². The highest BCUT2D eigenvalue weighted by Crippen LogP contribution is 2.21. The van der Waals surface area contributed by atoms with E-state index >= 15 is 0 Å². The van der Waals surface area contributed by atoms with Gasteiger partial charge in [0.25, 0.3) is 0 Å². The molecule has 0 fully saturated rings. The summed E-state index contributed by atoms with van der Waals surface area (Å²) in [6.07, 6.45) is 0.460. The number of nitrogens with two attached hydrogens (primary N) is 1. The van der Waals surface area contributed by atoms with Crippen LogP contribution in [0.4, 0.5) is 4.39 Å². The molecule has 15 heavy (non-hydrogen) atoms. The van der Waals surface area contributed by atoms with Crippen LogP contribution in [-0.2, 0) is 6.42 Å². The minimum atomic E-state index is -0.905. The van der Waals surface area contributed by atoms with Crippen molar-refractivity contribution >= 4 is 0 Å². The summed E-state index contributed by atoms with van der Waals surface area (Å²) < 4.78 is 12.7. The van der Waals surface area contributed by atoms with Crippen LogP contribution in [0.1, 0.15) is 19.4 Å². The molecule has 3 heteroatoms. The number of halogens is 1. The lowest BCUT2D eigenvalue weighted by atomic mass is 9.84. The molecule has 1 atom stereocenters. The van der Waals surface area contributed by atoms with Gasteiger partial charge < -0.3 is 10.8 Å². The third kappa shape index (κ3) is 3.01. The van der Waals surface area contributed by atoms with Gasteiger partial charge in [-0.2, -0.15) is 0 Å². The number of benzene rings is 1. The molecule has 0 radical (unpaired) electrons. The van der Waals surface area contributed by atoms with Crippen molar-refractivity contribution in [2.75, 3.05) is 6.54 Å². The normalized spacial score (nSPS) is 15.3. The zero-order chi connectivity index (χ0) is 11.5. The van der Waals surface area contributed by atoms with Crippen molar-refractivity contribution in [1.82, 2.24) is 0 Å². The monoisotopic (exact) mass is 211 g/mol. The van der Waals surface area contributed by atoms with Gasteiger partial charge in [0.05, 0.1) is 5.60 Å². The third-order valence-corrected chi connectivity index (χ3v) is 2.85. The van der Waals surface area contributed by atoms with Gasteiger partial charge in [0.15, 0.2) is 0 Å². The topological polar surface area (TPSA) is 46.2 Å². The van der Waals surface area contributed by atoms with Gasteiger partial charge in [0.2, 0.25) is 0 Å². The molecule has 84 valence electrons. The summed E-state index contributed by atoms with van der Waals surface area (Å²) in [5, 5.41) is 10.2. The van der Waals surface area contributed by atoms with E-state index in [4.69, 9.17) is 5.73 Å². The smallest absolute Gasteiger partial charge is 0.123 e. The average molecular weight is 211 g/mol. The maximum absolute atomic E-state index is 12.7. The van der Waals surface area contributed by atoms with Crippen molar-refractivity contribution in [3.63, 3.8) is 0 Å². The van der Waals surface area contributed by atoms with Gasteiger partial charge in [0, 0.05) is 13.0 Å². The van der Waals surface area contributed by atoms with E-state index in [9.17, 15) is 9.50 Å². The van der Waals surface area contributed by atoms with E-state index in [1.165, 1.54) is 12.1 Å². The minimum absolute atomic E-state index is 0.0764. The Kier molecular flexibility index (Phi) is 3.83. The highest BCUT2D eigenvalue weighted by Gasteiger charge is 2.29. The van der Waals surface area contributed by atoms with Crippen molar-refractivity contribution in [3.05, 3.63) is 35.6 Å². The molecule has 1 aromatic rings. The lowest BCUT2D eigenvalue weighted by Crippen LogP contribution is -2.44. The van der Waals surface area contributed by atoms with E-state index in [-0.39, 0.29) is 18.3 Å². The van der Waals surface area contributed by atoms with Crippen LogP contribution in [0.3, 0.4) is 0 Å². The summed E-state index contributed by atoms with van der Waals surface area (Å²) in [7, 11) is 0. The quantitative estimate of drug-likeness (QED) is 0.796. The first-order valence-electron chi connectivity index (χ1n) is 5.15. The Bertz CT molecular complexity index is 310. The van der Waals surface area contributed by atoms with Crippen LogP contribution in [0.15, 0.2) is 24.3 Å². The molecule has 3 N–H and O–H groups in total. The molecule has 0 heterocycles. The summed E-state index contributed by atoms with van der Waals surface area (Å²) >= 11 is 0. The van der Waals surface area contributed by atoms with E-state index in [2.05, 4.69) is 0 Å². The fourth-order valence-electron chi connectivity index (χ4n) is 1.47. The number of aliphatic hydroxyl groups is 1. The molecule has 0 saturated heterocycles. The van der Waals surface area contributed by atoms with Gasteiger partial charge in [-0.1, -0.05) is 26.0 Å². The lowest BCUT2D eigenvalue weighted by molar-refractivity contribution is 0.00406. The van der Waals surface area contributed by atoms with Crippen molar-refractivity contribution in [2.24, 2.45) is 11.7 Å². The van der Waals surface area contributed by atoms with Gasteiger partial charge >= 0.3 is 0 Å². The Morgan fingerprint density at radius 1 is 1.33 bits per heavy atom. The summed E-state index contributed by atoms with van der Waals surface area (Å²) in [5.41, 5.74) is 5.56. The number of hydrogen-bond acceptors (Lipinski definition) is 2. The van der Waals surface area contributed by atoms with Crippen molar-refractivity contribution in [3.8, 4) is 0 Å². The molecule has 1 rings (SSSR count). The van der Waals surface area contributed by atoms with Gasteiger partial charge in [0.1, 0.15) is 5.82 Å². The maximum atomic E-state index is 12.7. The molecule has 1 aromatic carbocycles. The molecule has 0 aromatic heterocycles. The van der Waals surface area contributed by atoms with E-state index < -0.39 is 5.60 Å². The van der Waals surface area contributed by atoms with E-state index in [1.807, 2.05) is 13.8 Å². The van der Waals surface area contributed by atoms with Gasteiger partial charge in [-0.3, -0.25) is 0 Å². The second-order valence-electron chi connectivity index (χ2n) is 4.27. The summed E-state index contributed by atoms with van der Waals surface area (Å²) in [4.78, 5) is 0. The predicted molar refractivity (Wildman–Crippen MR) is 58.9 cm³/mol. The van der Waals surface area contributed by atoms with Crippen LogP contribution in [0.2, 0.25) is 0 Å². The molecule has 1 unspecified atom stereocenters. The largest absolute Gasteiger partial charge is 0.388 e. The fraction of sp³-hybridized carbons (Fsp3) is 0.500. The summed E-state index contributed by atoms with van der Waals surface area (Å²) in [5.74, 6) is -0.188. The molecule has 0 aliphatic carbocycles. The first-order valence-corrected chi connectivity index (χ1v) is 5.15. The van der Waals surface area contributed by atoms with Crippen molar-refractivity contribution in [2.45, 2.75) is 25.9 Å². The molecule has 2 nitrogen and oxygen atoms in total. The second-order valence-corrected chi connectivity index (χ2v) is 4.27. The summed E-state index contributed by atoms with van der Waals surface area (Å²) in [6, 6.07) is 6.15. The van der Waals surface area contributed by atoms with Crippen molar-refractivity contribution < 1.29 is 9.50 Å². The van der Waals surface area contributed by atoms with Crippen LogP contribution >= 0.6 is 0 Å². The summed E-state index contributed by atoms with van der Waals surface area (Å²) in [6.45, 7) is 4.06. The Morgan fingerprint density at radius 3 is 2.27 bits per heavy atom. The Labute approximate surface area is 89.9 Å². The average Bonchev–Trinajstić information content (AvgIpc) is 2.21. The Morgan fingerprint density at radius 2 is 1.87 bits per heavy atom. The lowest BCUT2D eigenvalue weighted by Gasteiger charge is -2.30. The number of hydrogen-bond donors (Lipinski definition) is 2. The molecule has 0 amide bonds. The molecular weight excluding hydrogens is 193 g/mol. The molecule has 0 aliphatic heterocycles. The van der Waals surface area contributed by atoms with Gasteiger partial charge in [-0.15, -0.1) is 0 Å². The predicted octanol–water partition coefficient (Wildman–Crippen LogP) is 1.71. The van der Waals surface area contributed by atoms with Gasteiger partial charge in [-0.05, 0) is 23.6 Å². The second kappa shape index (κ2) is 4.73. The first-order chi connectivity index (χ1) is 6.98. The van der Waals surface area contributed by atoms with E-state index in [0.29, 0.717) is 6.42 Å². The zero-order valence-corrected chi connectivity index (χ0v) is 9.20. The van der Waals surface area contributed by atoms with Crippen LogP contribution in [0.5, 0.6) is 0 Å². The van der Waals surface area contributed by atoms with Crippen LogP contribution < -0.4 is 5.73 Å². The molecule has 0 bridgehead atoms. The zero-order valence-electron chi connectivity index (χ0n) is 9.20. The van der Waals surface area contributed by atoms with Gasteiger partial charge in [-0.25, -0.2) is 4.39 Å². The standard InChI is InChI=1S/C12H18FNO/c1-9(2)12(15,8-14)7-10-3-5-11(13)6-4-10/h3-6,9,15H,7-8,14H2,1-2H3. The minimum Gasteiger partial charge on any atom is -0.388 e.